The molecule has 1 aliphatic heterocycles. The molecule has 17 heteroatoms. The molecule has 274 valence electrons. The summed E-state index contributed by atoms with van der Waals surface area (Å²) in [7, 11) is -4.21. The number of amidine groups is 1. The summed E-state index contributed by atoms with van der Waals surface area (Å²) in [4.78, 5) is 49.6. The van der Waals surface area contributed by atoms with Gasteiger partial charge in [-0.3, -0.25) is 14.6 Å². The zero-order chi connectivity index (χ0) is 37.6. The number of hydrogen-bond donors (Lipinski definition) is 3. The van der Waals surface area contributed by atoms with Gasteiger partial charge in [0.15, 0.2) is 5.84 Å². The van der Waals surface area contributed by atoms with Crippen LogP contribution >= 0.6 is 23.2 Å². The first-order valence-corrected chi connectivity index (χ1v) is 18.5. The first-order valence-electron chi connectivity index (χ1n) is 16.3. The summed E-state index contributed by atoms with van der Waals surface area (Å²) in [6.45, 7) is 5.48. The maximum Gasteiger partial charge on any atom is 0.332 e. The lowest BCUT2D eigenvalue weighted by molar-refractivity contribution is -0.141. The van der Waals surface area contributed by atoms with E-state index in [9.17, 15) is 22.8 Å². The molecule has 1 atom stereocenters. The van der Waals surface area contributed by atoms with Crippen LogP contribution in [0.2, 0.25) is 10.0 Å². The molecule has 4 N–H and O–H groups in total. The van der Waals surface area contributed by atoms with Gasteiger partial charge >= 0.3 is 5.97 Å². The number of fused-ring (bicyclic) bond motifs is 1. The van der Waals surface area contributed by atoms with Crippen LogP contribution in [0.5, 0.6) is 5.75 Å². The van der Waals surface area contributed by atoms with Gasteiger partial charge in [0.25, 0.3) is 5.91 Å². The Hall–Kier alpha value is -4.83. The molecule has 1 fully saturated rings. The minimum Gasteiger partial charge on any atom is -0.487 e. The van der Waals surface area contributed by atoms with Crippen molar-refractivity contribution in [2.45, 2.75) is 57.6 Å². The highest BCUT2D eigenvalue weighted by Crippen LogP contribution is 2.36. The monoisotopic (exact) mass is 769 g/mol. The highest BCUT2D eigenvalue weighted by Gasteiger charge is 2.40. The molecular formula is C35H37Cl2N7O7S. The Morgan fingerprint density at radius 2 is 1.85 bits per heavy atom. The van der Waals surface area contributed by atoms with Gasteiger partial charge in [0, 0.05) is 60.0 Å². The molecule has 0 radical (unpaired) electrons. The molecule has 2 aromatic heterocycles. The molecule has 2 amide bonds. The summed E-state index contributed by atoms with van der Waals surface area (Å²) < 4.78 is 35.1. The maximum absolute atomic E-state index is 13.9. The zero-order valence-corrected chi connectivity index (χ0v) is 30.9. The second kappa shape index (κ2) is 16.7. The van der Waals surface area contributed by atoms with Gasteiger partial charge in [-0.25, -0.2) is 18.2 Å². The topological polar surface area (TPSA) is 195 Å². The first-order chi connectivity index (χ1) is 24.8. The van der Waals surface area contributed by atoms with Gasteiger partial charge in [-0.2, -0.15) is 4.31 Å². The highest BCUT2D eigenvalue weighted by atomic mass is 35.5. The summed E-state index contributed by atoms with van der Waals surface area (Å²) in [5, 5.41) is 10.0. The van der Waals surface area contributed by atoms with Crippen molar-refractivity contribution >= 4 is 67.7 Å². The number of oxime groups is 1. The number of nitrogens with two attached hydrogens (primary N) is 1. The number of pyridine rings is 2. The fraction of sp³-hybridized carbons (Fsp3) is 0.314. The van der Waals surface area contributed by atoms with Gasteiger partial charge in [-0.15, -0.1) is 0 Å². The van der Waals surface area contributed by atoms with Crippen LogP contribution in [0.25, 0.3) is 10.9 Å². The van der Waals surface area contributed by atoms with Gasteiger partial charge in [0.2, 0.25) is 15.9 Å². The highest BCUT2D eigenvalue weighted by molar-refractivity contribution is 7.89. The number of benzene rings is 2. The van der Waals surface area contributed by atoms with Crippen molar-refractivity contribution in [1.29, 1.82) is 0 Å². The molecule has 0 saturated carbocycles. The molecule has 4 aromatic rings. The average molecular weight is 771 g/mol. The van der Waals surface area contributed by atoms with E-state index in [-0.39, 0.29) is 58.3 Å². The Morgan fingerprint density at radius 3 is 2.58 bits per heavy atom. The number of aromatic nitrogens is 2. The van der Waals surface area contributed by atoms with E-state index in [0.717, 1.165) is 20.9 Å². The van der Waals surface area contributed by atoms with Gasteiger partial charge in [-0.05, 0) is 75.1 Å². The molecule has 2 aromatic carbocycles. The van der Waals surface area contributed by atoms with Crippen LogP contribution in [0.4, 0.5) is 0 Å². The lowest BCUT2D eigenvalue weighted by Gasteiger charge is -2.24. The standard InChI is InChI=1S/C35H37Cl2N7O7S/c1-20-17-21(2)42-32-24(20)7-4-9-29(32)50-19-25-26(36)11-13-30(31(25)37)52(48,49)44-16-5-8-28(44)35(47)40-15-6-14-39-34(46)27-12-10-23(18-41-27)33(38)43-51-22(3)45/h4,7,9-13,17-18,28H,5-6,8,14-16,19H2,1-3H3,(H2,38,43)(H,39,46)(H,40,47)/t28-/m0/s1. The van der Waals surface area contributed by atoms with E-state index in [1.807, 2.05) is 32.0 Å². The van der Waals surface area contributed by atoms with E-state index in [1.165, 1.54) is 37.4 Å². The predicted octanol–water partition coefficient (Wildman–Crippen LogP) is 4.41. The van der Waals surface area contributed by atoms with E-state index < -0.39 is 33.8 Å². The van der Waals surface area contributed by atoms with Crippen molar-refractivity contribution in [1.82, 2.24) is 24.9 Å². The fourth-order valence-corrected chi connectivity index (χ4v) is 8.22. The summed E-state index contributed by atoms with van der Waals surface area (Å²) in [6.07, 6.45) is 2.49. The predicted molar refractivity (Wildman–Crippen MR) is 196 cm³/mol. The van der Waals surface area contributed by atoms with Gasteiger partial charge in [0.05, 0.1) is 5.02 Å². The SMILES string of the molecule is CC(=O)O/N=C(\N)c1ccc(C(=O)NCCCNC(=O)[C@@H]2CCCN2S(=O)(=O)c2ccc(Cl)c(COc3cccc4c(C)cc(C)nc34)c2Cl)nc1. The summed E-state index contributed by atoms with van der Waals surface area (Å²) in [6, 6.07) is 12.3. The van der Waals surface area contributed by atoms with Crippen molar-refractivity contribution in [2.24, 2.45) is 10.9 Å². The van der Waals surface area contributed by atoms with E-state index in [1.54, 1.807) is 6.07 Å². The maximum atomic E-state index is 13.9. The smallest absolute Gasteiger partial charge is 0.332 e. The number of aryl methyl sites for hydroxylation is 2. The lowest BCUT2D eigenvalue weighted by atomic mass is 10.1. The number of amides is 2. The number of hydrogen-bond acceptors (Lipinski definition) is 10. The molecule has 3 heterocycles. The van der Waals surface area contributed by atoms with Crippen molar-refractivity contribution in [3.8, 4) is 5.75 Å². The van der Waals surface area contributed by atoms with E-state index in [0.29, 0.717) is 36.1 Å². The average Bonchev–Trinajstić information content (AvgIpc) is 3.62. The molecule has 5 rings (SSSR count). The Bertz CT molecular complexity index is 2150. The molecule has 1 aliphatic rings. The molecule has 1 saturated heterocycles. The van der Waals surface area contributed by atoms with Crippen molar-refractivity contribution in [3.63, 3.8) is 0 Å². The number of rotatable bonds is 13. The summed E-state index contributed by atoms with van der Waals surface area (Å²) in [5.41, 5.74) is 9.03. The lowest BCUT2D eigenvalue weighted by Crippen LogP contribution is -2.46. The van der Waals surface area contributed by atoms with Crippen LogP contribution in [-0.2, 0) is 31.1 Å². The number of ether oxygens (including phenoxy) is 1. The Balaban J connectivity index is 1.17. The Kier molecular flexibility index (Phi) is 12.3. The van der Waals surface area contributed by atoms with E-state index in [2.05, 4.69) is 30.6 Å². The number of carbonyl (C=O) groups excluding carboxylic acids is 3. The van der Waals surface area contributed by atoms with Crippen LogP contribution in [0.1, 0.15) is 59.1 Å². The number of para-hydroxylation sites is 1. The largest absolute Gasteiger partial charge is 0.487 e. The van der Waals surface area contributed by atoms with Crippen LogP contribution < -0.4 is 21.1 Å². The number of sulfonamides is 1. The quantitative estimate of drug-likeness (QED) is 0.0577. The van der Waals surface area contributed by atoms with Crippen LogP contribution in [0.15, 0.2) is 64.8 Å². The minimum absolute atomic E-state index is 0.0783. The molecule has 0 aliphatic carbocycles. The molecular weight excluding hydrogens is 733 g/mol. The normalized spacial score (nSPS) is 15.0. The number of halogens is 2. The Morgan fingerprint density at radius 1 is 1.08 bits per heavy atom. The summed E-state index contributed by atoms with van der Waals surface area (Å²) >= 11 is 13.2. The number of nitrogens with one attached hydrogen (secondary N) is 2. The summed E-state index contributed by atoms with van der Waals surface area (Å²) in [5.74, 6) is -1.12. The van der Waals surface area contributed by atoms with Crippen LogP contribution in [0, 0.1) is 13.8 Å². The third-order valence-corrected chi connectivity index (χ3v) is 11.1. The fourth-order valence-electron chi connectivity index (χ4n) is 5.70. The van der Waals surface area contributed by atoms with Crippen molar-refractivity contribution in [3.05, 3.63) is 92.9 Å². The molecule has 0 unspecified atom stereocenters. The molecule has 14 nitrogen and oxygen atoms in total. The third kappa shape index (κ3) is 8.78. The number of nitrogens with zero attached hydrogens (tertiary/aromatic N) is 4. The van der Waals surface area contributed by atoms with E-state index in [4.69, 9.17) is 33.7 Å². The molecule has 52 heavy (non-hydrogen) atoms. The minimum atomic E-state index is -4.21. The first kappa shape index (κ1) is 38.4. The van der Waals surface area contributed by atoms with Crippen molar-refractivity contribution < 1.29 is 32.4 Å². The third-order valence-electron chi connectivity index (χ3n) is 8.26. The second-order valence-corrected chi connectivity index (χ2v) is 14.7. The Labute approximate surface area is 310 Å². The van der Waals surface area contributed by atoms with E-state index >= 15 is 0 Å². The molecule has 0 spiro atoms. The van der Waals surface area contributed by atoms with Gasteiger partial charge in [-0.1, -0.05) is 40.5 Å². The zero-order valence-electron chi connectivity index (χ0n) is 28.6. The molecule has 0 bridgehead atoms. The van der Waals surface area contributed by atoms with Gasteiger partial charge in [0.1, 0.15) is 34.5 Å². The number of carbonyl (C=O) groups is 3. The van der Waals surface area contributed by atoms with Crippen LogP contribution in [-0.4, -0.2) is 72.0 Å². The van der Waals surface area contributed by atoms with Crippen LogP contribution in [0.3, 0.4) is 0 Å². The van der Waals surface area contributed by atoms with Gasteiger partial charge < -0.3 is 25.9 Å². The van der Waals surface area contributed by atoms with Crippen molar-refractivity contribution in [2.75, 3.05) is 19.6 Å². The second-order valence-electron chi connectivity index (χ2n) is 12.0.